The highest BCUT2D eigenvalue weighted by molar-refractivity contribution is 7.98. The molecule has 4 rings (SSSR count). The lowest BCUT2D eigenvalue weighted by molar-refractivity contribution is 0.840. The Bertz CT molecular complexity index is 1080. The van der Waals surface area contributed by atoms with Crippen LogP contribution in [0.15, 0.2) is 59.1 Å². The Morgan fingerprint density at radius 1 is 1.00 bits per heavy atom. The summed E-state index contributed by atoms with van der Waals surface area (Å²) < 4.78 is 2.20. The second kappa shape index (κ2) is 8.29. The van der Waals surface area contributed by atoms with Gasteiger partial charge in [-0.3, -0.25) is 4.57 Å². The van der Waals surface area contributed by atoms with E-state index in [0.29, 0.717) is 0 Å². The lowest BCUT2D eigenvalue weighted by Crippen LogP contribution is -2.06. The second-order valence-corrected chi connectivity index (χ2v) is 8.84. The molecule has 2 aromatic carbocycles. The van der Waals surface area contributed by atoms with E-state index < -0.39 is 0 Å². The molecular formula is C22H22N4S2. The molecule has 6 heteroatoms. The number of rotatable bonds is 6. The van der Waals surface area contributed by atoms with Crippen molar-refractivity contribution in [2.24, 2.45) is 0 Å². The molecule has 0 aliphatic carbocycles. The second-order valence-electron chi connectivity index (χ2n) is 6.83. The monoisotopic (exact) mass is 406 g/mol. The summed E-state index contributed by atoms with van der Waals surface area (Å²) in [7, 11) is 0. The van der Waals surface area contributed by atoms with E-state index >= 15 is 0 Å². The van der Waals surface area contributed by atoms with Crippen LogP contribution in [-0.4, -0.2) is 19.7 Å². The highest BCUT2D eigenvalue weighted by atomic mass is 32.2. The van der Waals surface area contributed by atoms with Gasteiger partial charge in [0.2, 0.25) is 0 Å². The summed E-state index contributed by atoms with van der Waals surface area (Å²) in [4.78, 5) is 4.57. The molecule has 0 amide bonds. The number of thiazole rings is 1. The molecule has 4 aromatic rings. The van der Waals surface area contributed by atoms with E-state index in [1.165, 1.54) is 16.7 Å². The molecule has 4 nitrogen and oxygen atoms in total. The highest BCUT2D eigenvalue weighted by Gasteiger charge is 2.17. The van der Waals surface area contributed by atoms with Crippen molar-refractivity contribution in [3.63, 3.8) is 0 Å². The van der Waals surface area contributed by atoms with Crippen molar-refractivity contribution < 1.29 is 0 Å². The van der Waals surface area contributed by atoms with Crippen LogP contribution in [0.5, 0.6) is 0 Å². The Morgan fingerprint density at radius 2 is 1.82 bits per heavy atom. The molecule has 0 saturated carbocycles. The third-order valence-electron chi connectivity index (χ3n) is 4.51. The Morgan fingerprint density at radius 3 is 2.54 bits per heavy atom. The minimum Gasteiger partial charge on any atom is -0.273 e. The average molecular weight is 407 g/mol. The molecule has 2 aromatic heterocycles. The van der Waals surface area contributed by atoms with Crippen LogP contribution in [0.25, 0.3) is 5.69 Å². The van der Waals surface area contributed by atoms with E-state index in [0.717, 1.165) is 39.5 Å². The van der Waals surface area contributed by atoms with Gasteiger partial charge < -0.3 is 0 Å². The maximum Gasteiger partial charge on any atom is 0.196 e. The molecule has 0 bridgehead atoms. The molecule has 0 radical (unpaired) electrons. The number of hydrogen-bond donors (Lipinski definition) is 0. The molecule has 2 heterocycles. The summed E-state index contributed by atoms with van der Waals surface area (Å²) in [6.45, 7) is 6.30. The van der Waals surface area contributed by atoms with E-state index in [9.17, 15) is 0 Å². The topological polar surface area (TPSA) is 43.6 Å². The van der Waals surface area contributed by atoms with Crippen molar-refractivity contribution in [3.05, 3.63) is 87.1 Å². The molecule has 142 valence electrons. The van der Waals surface area contributed by atoms with Crippen molar-refractivity contribution in [3.8, 4) is 5.69 Å². The summed E-state index contributed by atoms with van der Waals surface area (Å²) in [5.74, 6) is 1.74. The number of thioether (sulfide) groups is 1. The minimum atomic E-state index is 0.748. The molecule has 0 N–H and O–H groups in total. The SMILES string of the molecule is Cc1ccc(-n2c(Cc3ccccc3)nnc2SCc2csc(C)n2)c(C)c1. The minimum absolute atomic E-state index is 0.748. The van der Waals surface area contributed by atoms with Crippen molar-refractivity contribution >= 4 is 23.1 Å². The van der Waals surface area contributed by atoms with Crippen LogP contribution in [0.3, 0.4) is 0 Å². The zero-order valence-corrected chi connectivity index (χ0v) is 17.8. The first-order chi connectivity index (χ1) is 13.6. The quantitative estimate of drug-likeness (QED) is 0.395. The first-order valence-electron chi connectivity index (χ1n) is 9.20. The van der Waals surface area contributed by atoms with Gasteiger partial charge in [0.05, 0.1) is 16.4 Å². The fourth-order valence-electron chi connectivity index (χ4n) is 3.20. The van der Waals surface area contributed by atoms with Crippen LogP contribution < -0.4 is 0 Å². The molecule has 0 saturated heterocycles. The van der Waals surface area contributed by atoms with Crippen LogP contribution in [-0.2, 0) is 12.2 Å². The van der Waals surface area contributed by atoms with Gasteiger partial charge in [0.1, 0.15) is 5.82 Å². The largest absolute Gasteiger partial charge is 0.273 e. The van der Waals surface area contributed by atoms with E-state index in [4.69, 9.17) is 0 Å². The Kier molecular flexibility index (Phi) is 5.59. The van der Waals surface area contributed by atoms with Crippen LogP contribution in [0.1, 0.15) is 33.2 Å². The van der Waals surface area contributed by atoms with Gasteiger partial charge in [0.25, 0.3) is 0 Å². The predicted molar refractivity (Wildman–Crippen MR) is 116 cm³/mol. The lowest BCUT2D eigenvalue weighted by Gasteiger charge is -2.13. The van der Waals surface area contributed by atoms with Crippen LogP contribution in [0.2, 0.25) is 0 Å². The van der Waals surface area contributed by atoms with Gasteiger partial charge >= 0.3 is 0 Å². The normalized spacial score (nSPS) is 11.1. The maximum atomic E-state index is 4.57. The van der Waals surface area contributed by atoms with Gasteiger partial charge in [-0.25, -0.2) is 4.98 Å². The molecule has 0 atom stereocenters. The summed E-state index contributed by atoms with van der Waals surface area (Å²) in [6, 6.07) is 16.9. The van der Waals surface area contributed by atoms with Gasteiger partial charge in [0.15, 0.2) is 5.16 Å². The first kappa shape index (κ1) is 18.9. The predicted octanol–water partition coefficient (Wildman–Crippen LogP) is 5.53. The summed E-state index contributed by atoms with van der Waals surface area (Å²) in [5.41, 5.74) is 5.94. The van der Waals surface area contributed by atoms with Crippen LogP contribution >= 0.6 is 23.1 Å². The molecule has 0 unspecified atom stereocenters. The van der Waals surface area contributed by atoms with Gasteiger partial charge in [0, 0.05) is 17.6 Å². The van der Waals surface area contributed by atoms with Gasteiger partial charge in [-0.2, -0.15) is 0 Å². The number of benzene rings is 2. The fraction of sp³-hybridized carbons (Fsp3) is 0.227. The van der Waals surface area contributed by atoms with Gasteiger partial charge in [-0.1, -0.05) is 59.8 Å². The highest BCUT2D eigenvalue weighted by Crippen LogP contribution is 2.28. The van der Waals surface area contributed by atoms with Crippen LogP contribution in [0.4, 0.5) is 0 Å². The maximum absolute atomic E-state index is 4.57. The number of aromatic nitrogens is 4. The van der Waals surface area contributed by atoms with E-state index in [-0.39, 0.29) is 0 Å². The van der Waals surface area contributed by atoms with E-state index in [1.54, 1.807) is 23.1 Å². The zero-order valence-electron chi connectivity index (χ0n) is 16.2. The van der Waals surface area contributed by atoms with E-state index in [1.807, 2.05) is 13.0 Å². The summed E-state index contributed by atoms with van der Waals surface area (Å²) in [5, 5.41) is 13.2. The standard InChI is InChI=1S/C22H22N4S2/c1-15-9-10-20(16(2)11-15)26-21(12-18-7-5-4-6-8-18)24-25-22(26)28-14-19-13-27-17(3)23-19/h4-11,13H,12,14H2,1-3H3. The number of hydrogen-bond acceptors (Lipinski definition) is 5. The fourth-order valence-corrected chi connectivity index (χ4v) is 4.77. The van der Waals surface area contributed by atoms with Crippen molar-refractivity contribution in [2.45, 2.75) is 38.1 Å². The molecule has 0 spiro atoms. The Hall–Kier alpha value is -2.44. The molecular weight excluding hydrogens is 384 g/mol. The first-order valence-corrected chi connectivity index (χ1v) is 11.1. The van der Waals surface area contributed by atoms with Crippen molar-refractivity contribution in [1.82, 2.24) is 19.7 Å². The number of aryl methyl sites for hydroxylation is 3. The van der Waals surface area contributed by atoms with Crippen molar-refractivity contribution in [2.75, 3.05) is 0 Å². The zero-order chi connectivity index (χ0) is 19.5. The third kappa shape index (κ3) is 4.18. The van der Waals surface area contributed by atoms with Crippen LogP contribution in [0, 0.1) is 20.8 Å². The molecule has 28 heavy (non-hydrogen) atoms. The van der Waals surface area contributed by atoms with Crippen molar-refractivity contribution in [1.29, 1.82) is 0 Å². The molecule has 0 fully saturated rings. The molecule has 0 aliphatic rings. The van der Waals surface area contributed by atoms with Gasteiger partial charge in [-0.15, -0.1) is 21.5 Å². The molecule has 0 aliphatic heterocycles. The van der Waals surface area contributed by atoms with E-state index in [2.05, 4.69) is 81.4 Å². The smallest absolute Gasteiger partial charge is 0.196 e. The third-order valence-corrected chi connectivity index (χ3v) is 6.30. The average Bonchev–Trinajstić information content (AvgIpc) is 3.27. The summed E-state index contributed by atoms with van der Waals surface area (Å²) in [6.07, 6.45) is 0.748. The lowest BCUT2D eigenvalue weighted by atomic mass is 10.1. The summed E-state index contributed by atoms with van der Waals surface area (Å²) >= 11 is 3.37. The Balaban J connectivity index is 1.71. The number of nitrogens with zero attached hydrogens (tertiary/aromatic N) is 4. The van der Waals surface area contributed by atoms with Gasteiger partial charge in [-0.05, 0) is 38.0 Å². The Labute approximate surface area is 173 Å².